The van der Waals surface area contributed by atoms with Crippen molar-refractivity contribution in [2.45, 2.75) is 32.4 Å². The number of alkyl halides is 3. The molecule has 0 radical (unpaired) electrons. The number of ether oxygens (including phenoxy) is 1. The van der Waals surface area contributed by atoms with Crippen LogP contribution in [0.2, 0.25) is 0 Å². The number of carbonyl (C=O) groups is 1. The minimum absolute atomic E-state index is 0.406. The molecule has 1 aliphatic carbocycles. The number of esters is 1. The minimum Gasteiger partial charge on any atom is -0.456 e. The molecule has 0 saturated heterocycles. The summed E-state index contributed by atoms with van der Waals surface area (Å²) in [5.74, 6) is -1.15. The van der Waals surface area contributed by atoms with E-state index in [1.54, 1.807) is 0 Å². The summed E-state index contributed by atoms with van der Waals surface area (Å²) in [5.41, 5.74) is 1.18. The highest BCUT2D eigenvalue weighted by Crippen LogP contribution is 2.25. The lowest BCUT2D eigenvalue weighted by molar-refractivity contribution is -0.189. The summed E-state index contributed by atoms with van der Waals surface area (Å²) in [6, 6.07) is 0. The molecule has 15 heavy (non-hydrogen) atoms. The number of rotatable bonds is 2. The molecule has 2 nitrogen and oxygen atoms in total. The fourth-order valence-corrected chi connectivity index (χ4v) is 1.45. The SMILES string of the molecule is CC1=CCC(C(=O)OCC(F)(F)F)CC1. The fraction of sp³-hybridized carbons (Fsp3) is 0.700. The third kappa shape index (κ3) is 4.36. The van der Waals surface area contributed by atoms with Crippen molar-refractivity contribution >= 4 is 5.97 Å². The van der Waals surface area contributed by atoms with E-state index < -0.39 is 24.7 Å². The lowest BCUT2D eigenvalue weighted by Gasteiger charge is -2.19. The number of hydrogen-bond acceptors (Lipinski definition) is 2. The molecule has 0 spiro atoms. The van der Waals surface area contributed by atoms with Gasteiger partial charge in [0, 0.05) is 0 Å². The molecule has 5 heteroatoms. The van der Waals surface area contributed by atoms with Gasteiger partial charge in [-0.1, -0.05) is 11.6 Å². The quantitative estimate of drug-likeness (QED) is 0.530. The summed E-state index contributed by atoms with van der Waals surface area (Å²) in [6.45, 7) is 0.461. The molecule has 0 saturated carbocycles. The highest BCUT2D eigenvalue weighted by atomic mass is 19.4. The average Bonchev–Trinajstić information content (AvgIpc) is 2.14. The molecule has 1 atom stereocenters. The normalized spacial score (nSPS) is 22.1. The van der Waals surface area contributed by atoms with Crippen molar-refractivity contribution in [3.05, 3.63) is 11.6 Å². The monoisotopic (exact) mass is 222 g/mol. The Labute approximate surface area is 86.1 Å². The minimum atomic E-state index is -4.43. The van der Waals surface area contributed by atoms with Gasteiger partial charge >= 0.3 is 12.1 Å². The summed E-state index contributed by atoms with van der Waals surface area (Å²) in [6.07, 6.45) is -0.730. The van der Waals surface area contributed by atoms with E-state index in [9.17, 15) is 18.0 Å². The van der Waals surface area contributed by atoms with E-state index in [2.05, 4.69) is 4.74 Å². The van der Waals surface area contributed by atoms with E-state index in [0.29, 0.717) is 12.8 Å². The number of hydrogen-bond donors (Lipinski definition) is 0. The van der Waals surface area contributed by atoms with Crippen LogP contribution in [0, 0.1) is 5.92 Å². The second kappa shape index (κ2) is 4.68. The van der Waals surface area contributed by atoms with Gasteiger partial charge in [-0.05, 0) is 26.2 Å². The summed E-state index contributed by atoms with van der Waals surface area (Å²) in [5, 5.41) is 0. The first kappa shape index (κ1) is 12.1. The Bertz CT molecular complexity index is 268. The van der Waals surface area contributed by atoms with E-state index in [1.807, 2.05) is 13.0 Å². The van der Waals surface area contributed by atoms with E-state index in [4.69, 9.17) is 0 Å². The smallest absolute Gasteiger partial charge is 0.422 e. The van der Waals surface area contributed by atoms with E-state index in [1.165, 1.54) is 5.57 Å². The van der Waals surface area contributed by atoms with Gasteiger partial charge < -0.3 is 4.74 Å². The lowest BCUT2D eigenvalue weighted by atomic mass is 9.90. The Morgan fingerprint density at radius 3 is 2.73 bits per heavy atom. The molecule has 0 amide bonds. The van der Waals surface area contributed by atoms with Crippen LogP contribution in [0.1, 0.15) is 26.2 Å². The zero-order valence-electron chi connectivity index (χ0n) is 8.43. The van der Waals surface area contributed by atoms with Crippen molar-refractivity contribution in [2.24, 2.45) is 5.92 Å². The van der Waals surface area contributed by atoms with Gasteiger partial charge in [0.05, 0.1) is 5.92 Å². The lowest BCUT2D eigenvalue weighted by Crippen LogP contribution is -2.25. The Morgan fingerprint density at radius 2 is 2.27 bits per heavy atom. The first-order valence-corrected chi connectivity index (χ1v) is 4.77. The first-order chi connectivity index (χ1) is 6.88. The highest BCUT2D eigenvalue weighted by molar-refractivity contribution is 5.72. The molecule has 1 aliphatic rings. The Kier molecular flexibility index (Phi) is 3.77. The molecule has 86 valence electrons. The largest absolute Gasteiger partial charge is 0.456 e. The average molecular weight is 222 g/mol. The molecule has 0 aliphatic heterocycles. The van der Waals surface area contributed by atoms with Gasteiger partial charge in [0.15, 0.2) is 6.61 Å². The standard InChI is InChI=1S/C10H13F3O2/c1-7-2-4-8(5-3-7)9(14)15-6-10(11,12)13/h2,8H,3-6H2,1H3. The Hall–Kier alpha value is -1.00. The molecule has 0 heterocycles. The van der Waals surface area contributed by atoms with Crippen LogP contribution >= 0.6 is 0 Å². The second-order valence-electron chi connectivity index (χ2n) is 3.74. The highest BCUT2D eigenvalue weighted by Gasteiger charge is 2.31. The molecule has 0 aromatic heterocycles. The molecule has 0 aromatic rings. The van der Waals surface area contributed by atoms with Gasteiger partial charge in [-0.25, -0.2) is 0 Å². The molecule has 0 aromatic carbocycles. The zero-order valence-corrected chi connectivity index (χ0v) is 8.43. The molecule has 0 fully saturated rings. The second-order valence-corrected chi connectivity index (χ2v) is 3.74. The fourth-order valence-electron chi connectivity index (χ4n) is 1.45. The summed E-state index contributed by atoms with van der Waals surface area (Å²) < 4.78 is 39.5. The van der Waals surface area contributed by atoms with Gasteiger partial charge in [0.1, 0.15) is 0 Å². The topological polar surface area (TPSA) is 26.3 Å². The molecule has 1 unspecified atom stereocenters. The molecule has 0 bridgehead atoms. The summed E-state index contributed by atoms with van der Waals surface area (Å²) in [7, 11) is 0. The van der Waals surface area contributed by atoms with Crippen molar-refractivity contribution in [2.75, 3.05) is 6.61 Å². The Morgan fingerprint density at radius 1 is 1.60 bits per heavy atom. The predicted molar refractivity (Wildman–Crippen MR) is 48.1 cm³/mol. The predicted octanol–water partition coefficient (Wildman–Crippen LogP) is 2.84. The van der Waals surface area contributed by atoms with Crippen molar-refractivity contribution < 1.29 is 22.7 Å². The maximum absolute atomic E-state index is 11.8. The number of allylic oxidation sites excluding steroid dienone is 2. The van der Waals surface area contributed by atoms with E-state index in [0.717, 1.165) is 6.42 Å². The van der Waals surface area contributed by atoms with Crippen LogP contribution in [-0.2, 0) is 9.53 Å². The van der Waals surface area contributed by atoms with Crippen LogP contribution in [0.15, 0.2) is 11.6 Å². The van der Waals surface area contributed by atoms with Gasteiger partial charge in [0.25, 0.3) is 0 Å². The van der Waals surface area contributed by atoms with Crippen LogP contribution in [-0.4, -0.2) is 18.8 Å². The third-order valence-electron chi connectivity index (χ3n) is 2.35. The van der Waals surface area contributed by atoms with Gasteiger partial charge in [0.2, 0.25) is 0 Å². The molecule has 0 N–H and O–H groups in total. The molecular formula is C10H13F3O2. The van der Waals surface area contributed by atoms with Crippen molar-refractivity contribution in [3.63, 3.8) is 0 Å². The van der Waals surface area contributed by atoms with Crippen LogP contribution in [0.3, 0.4) is 0 Å². The first-order valence-electron chi connectivity index (χ1n) is 4.77. The van der Waals surface area contributed by atoms with Crippen molar-refractivity contribution in [3.8, 4) is 0 Å². The maximum Gasteiger partial charge on any atom is 0.422 e. The van der Waals surface area contributed by atoms with E-state index in [-0.39, 0.29) is 0 Å². The van der Waals surface area contributed by atoms with Gasteiger partial charge in [-0.2, -0.15) is 13.2 Å². The zero-order chi connectivity index (χ0) is 11.5. The van der Waals surface area contributed by atoms with Crippen molar-refractivity contribution in [1.29, 1.82) is 0 Å². The maximum atomic E-state index is 11.8. The van der Waals surface area contributed by atoms with Crippen LogP contribution in [0.25, 0.3) is 0 Å². The van der Waals surface area contributed by atoms with Gasteiger partial charge in [-0.3, -0.25) is 4.79 Å². The Balaban J connectivity index is 2.36. The third-order valence-corrected chi connectivity index (χ3v) is 2.35. The van der Waals surface area contributed by atoms with Crippen LogP contribution in [0.5, 0.6) is 0 Å². The number of carbonyl (C=O) groups excluding carboxylic acids is 1. The summed E-state index contributed by atoms with van der Waals surface area (Å²) >= 11 is 0. The van der Waals surface area contributed by atoms with Crippen LogP contribution < -0.4 is 0 Å². The van der Waals surface area contributed by atoms with E-state index >= 15 is 0 Å². The van der Waals surface area contributed by atoms with Crippen LogP contribution in [0.4, 0.5) is 13.2 Å². The molecular weight excluding hydrogens is 209 g/mol. The summed E-state index contributed by atoms with van der Waals surface area (Å²) in [4.78, 5) is 11.2. The van der Waals surface area contributed by atoms with Crippen molar-refractivity contribution in [1.82, 2.24) is 0 Å². The van der Waals surface area contributed by atoms with Gasteiger partial charge in [-0.15, -0.1) is 0 Å². The molecule has 1 rings (SSSR count). The number of halogens is 3.